The zero-order chi connectivity index (χ0) is 40.3. The fraction of sp³-hybridized carbons (Fsp3) is 0.0345. The number of furan rings is 1. The fourth-order valence-electron chi connectivity index (χ4n) is 9.41. The van der Waals surface area contributed by atoms with Crippen molar-refractivity contribution in [3.8, 4) is 33.4 Å². The Morgan fingerprint density at radius 1 is 0.443 bits per heavy atom. The van der Waals surface area contributed by atoms with Crippen molar-refractivity contribution >= 4 is 81.2 Å². The van der Waals surface area contributed by atoms with Gasteiger partial charge >= 0.3 is 0 Å². The molecule has 0 amide bonds. The van der Waals surface area contributed by atoms with Gasteiger partial charge < -0.3 is 9.32 Å². The first-order valence-corrected chi connectivity index (χ1v) is 21.9. The SMILES string of the molecule is C1=C(c2ccc(-c3cccc4ccccc34)cc2)CCC=C1N(c1ccc(-c2cccc3c2oc2ccccc23)cc1)c1ccccc1-c1ccc2sc3ccccc3c2c1. The Labute approximate surface area is 358 Å². The second-order valence-electron chi connectivity index (χ2n) is 15.9. The van der Waals surface area contributed by atoms with Gasteiger partial charge in [0, 0.05) is 53.5 Å². The number of hydrogen-bond acceptors (Lipinski definition) is 3. The zero-order valence-corrected chi connectivity index (χ0v) is 34.2. The Hall–Kier alpha value is -7.46. The van der Waals surface area contributed by atoms with Gasteiger partial charge in [-0.2, -0.15) is 0 Å². The summed E-state index contributed by atoms with van der Waals surface area (Å²) in [4.78, 5) is 2.46. The molecule has 0 N–H and O–H groups in total. The lowest BCUT2D eigenvalue weighted by Crippen LogP contribution is -2.17. The molecule has 2 heterocycles. The number of thiophene rings is 1. The summed E-state index contributed by atoms with van der Waals surface area (Å²) in [5.41, 5.74) is 14.9. The van der Waals surface area contributed by atoms with Crippen molar-refractivity contribution in [2.75, 3.05) is 4.90 Å². The monoisotopic (exact) mass is 797 g/mol. The third-order valence-corrected chi connectivity index (χ3v) is 13.5. The molecule has 61 heavy (non-hydrogen) atoms. The number of anilines is 2. The molecule has 1 aliphatic rings. The van der Waals surface area contributed by atoms with Crippen LogP contribution in [0.1, 0.15) is 18.4 Å². The summed E-state index contributed by atoms with van der Waals surface area (Å²) in [6, 6.07) is 72.8. The Balaban J connectivity index is 0.972. The number of hydrogen-bond donors (Lipinski definition) is 0. The van der Waals surface area contributed by atoms with E-state index in [2.05, 4.69) is 211 Å². The Kier molecular flexibility index (Phi) is 8.53. The highest BCUT2D eigenvalue weighted by Crippen LogP contribution is 2.44. The predicted octanol–water partition coefficient (Wildman–Crippen LogP) is 17.0. The number of benzene rings is 9. The van der Waals surface area contributed by atoms with E-state index in [9.17, 15) is 0 Å². The number of para-hydroxylation sites is 3. The van der Waals surface area contributed by atoms with Crippen molar-refractivity contribution in [2.24, 2.45) is 0 Å². The van der Waals surface area contributed by atoms with E-state index in [1.165, 1.54) is 70.0 Å². The second kappa shape index (κ2) is 14.7. The van der Waals surface area contributed by atoms with Gasteiger partial charge in [-0.05, 0) is 106 Å². The average Bonchev–Trinajstić information content (AvgIpc) is 3.90. The topological polar surface area (TPSA) is 16.4 Å². The quantitative estimate of drug-likeness (QED) is 0.160. The zero-order valence-electron chi connectivity index (χ0n) is 33.4. The molecule has 0 saturated carbocycles. The van der Waals surface area contributed by atoms with E-state index in [0.717, 1.165) is 57.3 Å². The van der Waals surface area contributed by atoms with Crippen LogP contribution in [-0.4, -0.2) is 0 Å². The minimum Gasteiger partial charge on any atom is -0.455 e. The predicted molar refractivity (Wildman–Crippen MR) is 261 cm³/mol. The summed E-state index contributed by atoms with van der Waals surface area (Å²) < 4.78 is 9.10. The Morgan fingerprint density at radius 3 is 1.97 bits per heavy atom. The van der Waals surface area contributed by atoms with Crippen LogP contribution in [0.5, 0.6) is 0 Å². The van der Waals surface area contributed by atoms with E-state index in [4.69, 9.17) is 4.42 Å². The smallest absolute Gasteiger partial charge is 0.143 e. The van der Waals surface area contributed by atoms with E-state index < -0.39 is 0 Å². The summed E-state index contributed by atoms with van der Waals surface area (Å²) in [7, 11) is 0. The normalized spacial score (nSPS) is 13.0. The maximum absolute atomic E-state index is 6.47. The summed E-state index contributed by atoms with van der Waals surface area (Å²) in [6.07, 6.45) is 6.74. The summed E-state index contributed by atoms with van der Waals surface area (Å²) in [5.74, 6) is 0. The molecule has 0 atom stereocenters. The fourth-order valence-corrected chi connectivity index (χ4v) is 10.5. The lowest BCUT2D eigenvalue weighted by Gasteiger charge is -2.31. The van der Waals surface area contributed by atoms with E-state index in [1.807, 2.05) is 17.4 Å². The van der Waals surface area contributed by atoms with Gasteiger partial charge in [-0.1, -0.05) is 164 Å². The molecule has 11 aromatic rings. The van der Waals surface area contributed by atoms with Crippen LogP contribution in [0.4, 0.5) is 11.4 Å². The van der Waals surface area contributed by atoms with Crippen LogP contribution in [-0.2, 0) is 0 Å². The van der Waals surface area contributed by atoms with Crippen LogP contribution in [0.3, 0.4) is 0 Å². The molecule has 0 fully saturated rings. The van der Waals surface area contributed by atoms with Gasteiger partial charge in [0.2, 0.25) is 0 Å². The molecular formula is C58H39NOS. The van der Waals surface area contributed by atoms with Gasteiger partial charge in [-0.3, -0.25) is 0 Å². The summed E-state index contributed by atoms with van der Waals surface area (Å²) >= 11 is 1.86. The molecule has 0 aliphatic heterocycles. The van der Waals surface area contributed by atoms with Crippen LogP contribution in [0.2, 0.25) is 0 Å². The number of rotatable bonds is 7. The number of allylic oxidation sites excluding steroid dienone is 3. The first kappa shape index (κ1) is 35.5. The van der Waals surface area contributed by atoms with Gasteiger partial charge in [0.05, 0.1) is 5.69 Å². The highest BCUT2D eigenvalue weighted by molar-refractivity contribution is 7.25. The number of nitrogens with zero attached hydrogens (tertiary/aromatic N) is 1. The first-order valence-electron chi connectivity index (χ1n) is 21.0. The van der Waals surface area contributed by atoms with Gasteiger partial charge in [0.15, 0.2) is 0 Å². The maximum atomic E-state index is 6.47. The van der Waals surface area contributed by atoms with Crippen LogP contribution >= 0.6 is 11.3 Å². The van der Waals surface area contributed by atoms with Crippen LogP contribution in [0.15, 0.2) is 222 Å². The summed E-state index contributed by atoms with van der Waals surface area (Å²) in [6.45, 7) is 0. The lowest BCUT2D eigenvalue weighted by molar-refractivity contribution is 0.670. The Bertz CT molecular complexity index is 3520. The molecule has 0 saturated heterocycles. The second-order valence-corrected chi connectivity index (χ2v) is 17.0. The molecule has 0 unspecified atom stereocenters. The first-order chi connectivity index (χ1) is 30.2. The molecular weight excluding hydrogens is 759 g/mol. The lowest BCUT2D eigenvalue weighted by atomic mass is 9.92. The molecule has 12 rings (SSSR count). The van der Waals surface area contributed by atoms with Gasteiger partial charge in [-0.15, -0.1) is 11.3 Å². The van der Waals surface area contributed by atoms with Crippen LogP contribution in [0, 0.1) is 0 Å². The molecule has 0 spiro atoms. The largest absolute Gasteiger partial charge is 0.455 e. The van der Waals surface area contributed by atoms with E-state index in [-0.39, 0.29) is 0 Å². The van der Waals surface area contributed by atoms with Gasteiger partial charge in [-0.25, -0.2) is 0 Å². The Morgan fingerprint density at radius 2 is 1.07 bits per heavy atom. The van der Waals surface area contributed by atoms with E-state index in [1.54, 1.807) is 0 Å². The van der Waals surface area contributed by atoms with E-state index >= 15 is 0 Å². The average molecular weight is 798 g/mol. The van der Waals surface area contributed by atoms with Crippen molar-refractivity contribution in [1.82, 2.24) is 0 Å². The molecule has 2 nitrogen and oxygen atoms in total. The van der Waals surface area contributed by atoms with Crippen molar-refractivity contribution in [1.29, 1.82) is 0 Å². The van der Waals surface area contributed by atoms with Crippen LogP contribution < -0.4 is 4.90 Å². The maximum Gasteiger partial charge on any atom is 0.143 e. The molecule has 9 aromatic carbocycles. The minimum atomic E-state index is 0.910. The van der Waals surface area contributed by atoms with Gasteiger partial charge in [0.25, 0.3) is 0 Å². The standard InChI is InChI=1S/C58H39NOS/c1-2-16-46-39(12-1)13-10-20-47(46)40-28-26-38(27-29-40)42-14-9-15-45(36-42)59(44-33-30-41(31-34-44)49-21-11-22-52-50-18-4-7-24-55(50)60-58(49)52)54-23-6-3-17-48(54)43-32-35-57-53(37-43)51-19-5-8-25-56(51)61-57/h1-8,10-13,15-37H,9,14H2. The molecule has 0 bridgehead atoms. The van der Waals surface area contributed by atoms with E-state index in [0.29, 0.717) is 0 Å². The molecule has 0 radical (unpaired) electrons. The summed E-state index contributed by atoms with van der Waals surface area (Å²) in [5, 5.41) is 7.43. The third kappa shape index (κ3) is 6.17. The van der Waals surface area contributed by atoms with Gasteiger partial charge in [0.1, 0.15) is 11.2 Å². The van der Waals surface area contributed by atoms with Crippen molar-refractivity contribution in [2.45, 2.75) is 12.8 Å². The minimum absolute atomic E-state index is 0.910. The van der Waals surface area contributed by atoms with Crippen molar-refractivity contribution in [3.63, 3.8) is 0 Å². The molecule has 288 valence electrons. The van der Waals surface area contributed by atoms with Crippen LogP contribution in [0.25, 0.3) is 91.8 Å². The van der Waals surface area contributed by atoms with Crippen molar-refractivity contribution in [3.05, 3.63) is 224 Å². The third-order valence-electron chi connectivity index (χ3n) is 12.4. The molecule has 1 aliphatic carbocycles. The number of fused-ring (bicyclic) bond motifs is 7. The van der Waals surface area contributed by atoms with Crippen molar-refractivity contribution < 1.29 is 4.42 Å². The highest BCUT2D eigenvalue weighted by atomic mass is 32.1. The molecule has 3 heteroatoms. The highest BCUT2D eigenvalue weighted by Gasteiger charge is 2.22. The molecule has 2 aromatic heterocycles.